The number of aromatic nitrogens is 5. The van der Waals surface area contributed by atoms with Crippen molar-refractivity contribution in [2.75, 3.05) is 37.0 Å². The van der Waals surface area contributed by atoms with Crippen LogP contribution in [0.1, 0.15) is 103 Å². The van der Waals surface area contributed by atoms with Crippen LogP contribution in [0.2, 0.25) is 0 Å². The average Bonchev–Trinajstić information content (AvgIpc) is 3.77. The molecule has 0 spiro atoms. The van der Waals surface area contributed by atoms with Gasteiger partial charge < -0.3 is 24.6 Å². The second kappa shape index (κ2) is 15.7. The zero-order valence-corrected chi connectivity index (χ0v) is 32.7. The number of fused-ring (bicyclic) bond motifs is 2. The van der Waals surface area contributed by atoms with Gasteiger partial charge in [0.15, 0.2) is 5.65 Å². The summed E-state index contributed by atoms with van der Waals surface area (Å²) in [5.74, 6) is 2.96. The van der Waals surface area contributed by atoms with E-state index in [9.17, 15) is 4.79 Å². The maximum absolute atomic E-state index is 13.8. The number of nitrogens with zero attached hydrogens (tertiary/aromatic N) is 7. The van der Waals surface area contributed by atoms with Gasteiger partial charge in [0, 0.05) is 36.2 Å². The summed E-state index contributed by atoms with van der Waals surface area (Å²) in [5.41, 5.74) is 4.37. The second-order valence-corrected chi connectivity index (χ2v) is 15.9. The van der Waals surface area contributed by atoms with E-state index in [1.165, 1.54) is 6.42 Å². The van der Waals surface area contributed by atoms with Crippen molar-refractivity contribution in [2.45, 2.75) is 103 Å². The normalized spacial score (nSPS) is 20.2. The Morgan fingerprint density at radius 2 is 1.70 bits per heavy atom. The Balaban J connectivity index is 1.07. The lowest BCUT2D eigenvalue weighted by molar-refractivity contribution is 0.171. The fourth-order valence-electron chi connectivity index (χ4n) is 7.63. The molecule has 1 saturated heterocycles. The van der Waals surface area contributed by atoms with E-state index in [4.69, 9.17) is 14.6 Å². The third-order valence-corrected chi connectivity index (χ3v) is 10.9. The van der Waals surface area contributed by atoms with Crippen LogP contribution in [-0.4, -0.2) is 74.1 Å². The van der Waals surface area contributed by atoms with Crippen LogP contribution in [-0.2, 0) is 5.41 Å². The highest BCUT2D eigenvalue weighted by atomic mass is 16.5. The van der Waals surface area contributed by atoms with Crippen molar-refractivity contribution in [1.82, 2.24) is 34.6 Å². The lowest BCUT2D eigenvalue weighted by Gasteiger charge is -2.39. The van der Waals surface area contributed by atoms with E-state index in [-0.39, 0.29) is 23.6 Å². The molecule has 4 atom stereocenters. The lowest BCUT2D eigenvalue weighted by Crippen LogP contribution is -2.44. The van der Waals surface area contributed by atoms with Crippen LogP contribution in [0.4, 0.5) is 16.6 Å². The average molecular weight is 734 g/mol. The molecule has 1 aliphatic carbocycles. The molecule has 1 aliphatic heterocycles. The number of piperidine rings is 1. The Hall–Kier alpha value is -5.10. The molecule has 0 unspecified atom stereocenters. The van der Waals surface area contributed by atoms with Crippen molar-refractivity contribution in [1.29, 1.82) is 0 Å². The van der Waals surface area contributed by atoms with Crippen LogP contribution in [0, 0.1) is 0 Å². The third-order valence-electron chi connectivity index (χ3n) is 10.9. The van der Waals surface area contributed by atoms with E-state index < -0.39 is 0 Å². The predicted molar refractivity (Wildman–Crippen MR) is 213 cm³/mol. The first kappa shape index (κ1) is 37.2. The van der Waals surface area contributed by atoms with Crippen LogP contribution in [0.25, 0.3) is 11.3 Å². The predicted octanol–water partition coefficient (Wildman–Crippen LogP) is 8.09. The number of nitrogens with one attached hydrogen (secondary N) is 2. The number of anilines is 2. The first-order valence-corrected chi connectivity index (χ1v) is 19.5. The molecule has 1 fully saturated rings. The Labute approximate surface area is 318 Å². The summed E-state index contributed by atoms with van der Waals surface area (Å²) in [6, 6.07) is 22.3. The van der Waals surface area contributed by atoms with Gasteiger partial charge >= 0.3 is 6.03 Å². The minimum absolute atomic E-state index is 0.167. The second-order valence-electron chi connectivity index (χ2n) is 15.9. The number of amides is 2. The number of ether oxygens (including phenoxy) is 2. The fourth-order valence-corrected chi connectivity index (χ4v) is 7.63. The summed E-state index contributed by atoms with van der Waals surface area (Å²) in [4.78, 5) is 18.4. The quantitative estimate of drug-likeness (QED) is 0.140. The van der Waals surface area contributed by atoms with E-state index in [2.05, 4.69) is 95.8 Å². The van der Waals surface area contributed by atoms with Gasteiger partial charge in [0.2, 0.25) is 5.95 Å². The molecular weight excluding hydrogens is 679 g/mol. The van der Waals surface area contributed by atoms with Gasteiger partial charge in [-0.1, -0.05) is 58.0 Å². The number of carbonyl (C=O) groups is 1. The highest BCUT2D eigenvalue weighted by Gasteiger charge is 2.31. The van der Waals surface area contributed by atoms with Gasteiger partial charge in [0.1, 0.15) is 30.0 Å². The molecule has 0 saturated carbocycles. The molecule has 3 aromatic heterocycles. The number of carbonyl (C=O) groups excluding carboxylic acids is 1. The minimum atomic E-state index is -0.294. The van der Waals surface area contributed by atoms with Crippen LogP contribution in [0.5, 0.6) is 11.5 Å². The number of pyridine rings is 1. The zero-order valence-electron chi connectivity index (χ0n) is 32.7. The Morgan fingerprint density at radius 1 is 0.926 bits per heavy atom. The summed E-state index contributed by atoms with van der Waals surface area (Å²) in [7, 11) is 2.07. The van der Waals surface area contributed by atoms with Crippen molar-refractivity contribution in [2.24, 2.45) is 0 Å². The highest BCUT2D eigenvalue weighted by molar-refractivity contribution is 5.89. The summed E-state index contributed by atoms with van der Waals surface area (Å²) >= 11 is 0. The number of rotatable bonds is 11. The van der Waals surface area contributed by atoms with Crippen molar-refractivity contribution in [3.05, 3.63) is 89.7 Å². The maximum Gasteiger partial charge on any atom is 0.320 e. The molecule has 12 nitrogen and oxygen atoms in total. The van der Waals surface area contributed by atoms with Gasteiger partial charge in [0.05, 0.1) is 23.6 Å². The Kier molecular flexibility index (Phi) is 10.8. The summed E-state index contributed by atoms with van der Waals surface area (Å²) < 4.78 is 16.6. The Morgan fingerprint density at radius 3 is 2.46 bits per heavy atom. The van der Waals surface area contributed by atoms with Crippen molar-refractivity contribution in [3.8, 4) is 17.2 Å². The minimum Gasteiger partial charge on any atom is -0.492 e. The summed E-state index contributed by atoms with van der Waals surface area (Å²) in [6.07, 6.45) is 6.82. The van der Waals surface area contributed by atoms with Crippen LogP contribution in [0.3, 0.4) is 0 Å². The number of urea groups is 1. The maximum atomic E-state index is 13.8. The van der Waals surface area contributed by atoms with E-state index in [0.29, 0.717) is 24.5 Å². The van der Waals surface area contributed by atoms with Crippen molar-refractivity contribution in [3.63, 3.8) is 0 Å². The van der Waals surface area contributed by atoms with E-state index in [0.717, 1.165) is 84.4 Å². The van der Waals surface area contributed by atoms with Crippen molar-refractivity contribution >= 4 is 23.4 Å². The monoisotopic (exact) mass is 733 g/mol. The van der Waals surface area contributed by atoms with Crippen LogP contribution >= 0.6 is 0 Å². The molecule has 7 rings (SSSR count). The largest absolute Gasteiger partial charge is 0.492 e. The van der Waals surface area contributed by atoms with Crippen LogP contribution < -0.4 is 25.0 Å². The SMILES string of the molecule is CCN(C)CCOc1cccc(-n2nc(C(C)(C)C)cc2NC(=O)N[C@H]2CC[C@@H](Oc3ccc4nnc(N5[C@H](C)CCC[C@@H]5C)n4c3)c3ccccc32)c1. The highest BCUT2D eigenvalue weighted by Crippen LogP contribution is 2.39. The standard InChI is InChI=1S/C42H55N9O3/c1-8-48(7)23-24-53-31-16-12-15-30(25-31)51-39(26-37(47-51)42(4,5)6)44-40(52)43-35-20-21-36(34-18-10-9-17-33(34)35)54-32-19-22-38-45-46-41(49(38)27-32)50-28(2)13-11-14-29(50)3/h9-10,12,15-19,22,25-29,35-36H,8,11,13-14,20-21,23-24H2,1-7H3,(H2,43,44,52)/t28-,29+,35-,36+/m0/s1. The molecule has 0 bridgehead atoms. The molecule has 54 heavy (non-hydrogen) atoms. The number of likely N-dealkylation sites (N-methyl/N-ethyl adjacent to an activating group) is 1. The molecule has 2 N–H and O–H groups in total. The third kappa shape index (κ3) is 8.03. The summed E-state index contributed by atoms with van der Waals surface area (Å²) in [6.45, 7) is 15.4. The molecule has 12 heteroatoms. The molecule has 0 radical (unpaired) electrons. The van der Waals surface area contributed by atoms with Crippen LogP contribution in [0.15, 0.2) is 72.9 Å². The van der Waals surface area contributed by atoms with E-state index in [1.54, 1.807) is 4.68 Å². The smallest absolute Gasteiger partial charge is 0.320 e. The Bertz CT molecular complexity index is 2060. The molecular formula is C42H55N9O3. The molecule has 2 aromatic carbocycles. The first-order chi connectivity index (χ1) is 26.0. The van der Waals surface area contributed by atoms with E-state index >= 15 is 0 Å². The molecule has 2 aliphatic rings. The number of hydrogen-bond acceptors (Lipinski definition) is 8. The molecule has 5 aromatic rings. The topological polar surface area (TPSA) is 114 Å². The van der Waals surface area contributed by atoms with Crippen molar-refractivity contribution < 1.29 is 14.3 Å². The number of hydrogen-bond donors (Lipinski definition) is 2. The molecule has 4 heterocycles. The fraction of sp³-hybridized carbons (Fsp3) is 0.476. The number of benzene rings is 2. The first-order valence-electron chi connectivity index (χ1n) is 19.5. The lowest BCUT2D eigenvalue weighted by atomic mass is 9.85. The summed E-state index contributed by atoms with van der Waals surface area (Å²) in [5, 5.41) is 20.4. The van der Waals surface area contributed by atoms with Gasteiger partial charge in [-0.25, -0.2) is 9.48 Å². The van der Waals surface area contributed by atoms with Gasteiger partial charge in [-0.05, 0) is 94.9 Å². The zero-order chi connectivity index (χ0) is 38.0. The molecule has 2 amide bonds. The van der Waals surface area contributed by atoms with E-state index in [1.807, 2.05) is 60.8 Å². The van der Waals surface area contributed by atoms with Gasteiger partial charge in [-0.15, -0.1) is 10.2 Å². The van der Waals surface area contributed by atoms with Gasteiger partial charge in [-0.2, -0.15) is 5.10 Å². The van der Waals surface area contributed by atoms with Gasteiger partial charge in [0.25, 0.3) is 0 Å². The van der Waals surface area contributed by atoms with Gasteiger partial charge in [-0.3, -0.25) is 9.72 Å². The molecule has 286 valence electrons.